The lowest BCUT2D eigenvalue weighted by Gasteiger charge is -2.08. The summed E-state index contributed by atoms with van der Waals surface area (Å²) in [6, 6.07) is 19.5. The Hall–Kier alpha value is -3.14. The summed E-state index contributed by atoms with van der Waals surface area (Å²) < 4.78 is 22.4. The fourth-order valence-electron chi connectivity index (χ4n) is 3.67. The minimum atomic E-state index is -2.09. The lowest BCUT2D eigenvalue weighted by molar-refractivity contribution is 0.415. The van der Waals surface area contributed by atoms with Crippen molar-refractivity contribution in [3.8, 4) is 11.5 Å². The third-order valence-corrected chi connectivity index (χ3v) is 5.69. The predicted octanol–water partition coefficient (Wildman–Crippen LogP) is 6.37. The largest absolute Gasteiger partial charge is 0.497 e. The van der Waals surface area contributed by atoms with Crippen molar-refractivity contribution in [3.63, 3.8) is 0 Å². The van der Waals surface area contributed by atoms with Gasteiger partial charge >= 0.3 is 8.24 Å². The first-order valence-corrected chi connectivity index (χ1v) is 9.88. The van der Waals surface area contributed by atoms with E-state index in [0.29, 0.717) is 11.2 Å². The SMILES string of the molecule is COc1ccc2ccc3op(O)oc4ccc5ccc(OC)cc5c4c3c2c1. The summed E-state index contributed by atoms with van der Waals surface area (Å²) in [5.74, 6) is 1.49. The molecule has 0 unspecified atom stereocenters. The second-order valence-corrected chi connectivity index (χ2v) is 7.31. The number of hydrogen-bond acceptors (Lipinski definition) is 5. The van der Waals surface area contributed by atoms with Crippen molar-refractivity contribution in [3.05, 3.63) is 60.7 Å². The number of fused-ring (bicyclic) bond motifs is 7. The van der Waals surface area contributed by atoms with E-state index < -0.39 is 8.24 Å². The van der Waals surface area contributed by atoms with Gasteiger partial charge in [0.15, 0.2) is 0 Å². The Morgan fingerprint density at radius 3 is 1.54 bits per heavy atom. The summed E-state index contributed by atoms with van der Waals surface area (Å²) in [7, 11) is 1.20. The summed E-state index contributed by atoms with van der Waals surface area (Å²) in [4.78, 5) is 10.3. The highest BCUT2D eigenvalue weighted by molar-refractivity contribution is 7.30. The van der Waals surface area contributed by atoms with Crippen molar-refractivity contribution in [2.45, 2.75) is 0 Å². The van der Waals surface area contributed by atoms with Crippen molar-refractivity contribution >= 4 is 51.7 Å². The van der Waals surface area contributed by atoms with Gasteiger partial charge in [-0.05, 0) is 57.9 Å². The monoisotopic (exact) mass is 392 g/mol. The highest BCUT2D eigenvalue weighted by Gasteiger charge is 2.13. The van der Waals surface area contributed by atoms with Crippen LogP contribution in [-0.2, 0) is 0 Å². The molecule has 5 nitrogen and oxygen atoms in total. The average molecular weight is 392 g/mol. The first-order chi connectivity index (χ1) is 13.7. The molecule has 0 amide bonds. The van der Waals surface area contributed by atoms with Crippen LogP contribution in [0.2, 0.25) is 0 Å². The zero-order chi connectivity index (χ0) is 19.3. The van der Waals surface area contributed by atoms with Crippen molar-refractivity contribution in [1.29, 1.82) is 0 Å². The van der Waals surface area contributed by atoms with Gasteiger partial charge in [-0.15, -0.1) is 0 Å². The van der Waals surface area contributed by atoms with E-state index in [9.17, 15) is 4.89 Å². The molecule has 140 valence electrons. The third kappa shape index (κ3) is 2.60. The van der Waals surface area contributed by atoms with Crippen LogP contribution in [0.1, 0.15) is 0 Å². The van der Waals surface area contributed by atoms with Crippen molar-refractivity contribution in [1.82, 2.24) is 0 Å². The van der Waals surface area contributed by atoms with Crippen LogP contribution in [0.5, 0.6) is 11.5 Å². The second-order valence-electron chi connectivity index (χ2n) is 6.47. The number of methoxy groups -OCH3 is 2. The highest BCUT2D eigenvalue weighted by Crippen LogP contribution is 2.41. The van der Waals surface area contributed by atoms with E-state index in [-0.39, 0.29) is 0 Å². The van der Waals surface area contributed by atoms with E-state index in [2.05, 4.69) is 0 Å². The molecule has 1 aromatic heterocycles. The minimum absolute atomic E-state index is 0.573. The molecule has 0 atom stereocenters. The minimum Gasteiger partial charge on any atom is -0.497 e. The Balaban J connectivity index is 2.14. The molecule has 1 N–H and O–H groups in total. The first kappa shape index (κ1) is 17.0. The van der Waals surface area contributed by atoms with Gasteiger partial charge in [-0.2, -0.15) is 0 Å². The van der Waals surface area contributed by atoms with E-state index in [1.54, 1.807) is 14.2 Å². The molecule has 1 heterocycles. The molecule has 0 aliphatic carbocycles. The summed E-state index contributed by atoms with van der Waals surface area (Å²) in [5.41, 5.74) is 1.15. The summed E-state index contributed by atoms with van der Waals surface area (Å²) >= 11 is 0. The molecular formula is C22H17O5P. The van der Waals surface area contributed by atoms with Crippen LogP contribution in [-0.4, -0.2) is 19.1 Å². The molecular weight excluding hydrogens is 375 g/mol. The average Bonchev–Trinajstić information content (AvgIpc) is 2.88. The van der Waals surface area contributed by atoms with Crippen molar-refractivity contribution in [2.24, 2.45) is 0 Å². The summed E-state index contributed by atoms with van der Waals surface area (Å²) in [6.45, 7) is 0. The number of hydrogen-bond donors (Lipinski definition) is 1. The van der Waals surface area contributed by atoms with Gasteiger partial charge < -0.3 is 17.9 Å². The number of rotatable bonds is 2. The van der Waals surface area contributed by atoms with Crippen molar-refractivity contribution < 1.29 is 22.8 Å². The van der Waals surface area contributed by atoms with Gasteiger partial charge in [0.2, 0.25) is 0 Å². The maximum atomic E-state index is 10.3. The van der Waals surface area contributed by atoms with E-state index >= 15 is 0 Å². The molecule has 0 radical (unpaired) electrons. The Kier molecular flexibility index (Phi) is 3.93. The molecule has 4 aromatic carbocycles. The lowest BCUT2D eigenvalue weighted by atomic mass is 9.98. The fraction of sp³-hybridized carbons (Fsp3) is 0.0909. The van der Waals surface area contributed by atoms with E-state index in [0.717, 1.165) is 43.8 Å². The molecule has 28 heavy (non-hydrogen) atoms. The molecule has 0 aliphatic heterocycles. The molecule has 6 heteroatoms. The Morgan fingerprint density at radius 2 is 1.11 bits per heavy atom. The van der Waals surface area contributed by atoms with E-state index in [1.165, 1.54) is 0 Å². The Labute approximate surface area is 161 Å². The molecule has 5 rings (SSSR count). The van der Waals surface area contributed by atoms with Crippen LogP contribution in [0, 0.1) is 0 Å². The number of ether oxygens (including phenoxy) is 2. The van der Waals surface area contributed by atoms with Gasteiger partial charge in [-0.1, -0.05) is 24.3 Å². The molecule has 0 bridgehead atoms. The topological polar surface area (TPSA) is 65.0 Å². The first-order valence-electron chi connectivity index (χ1n) is 8.75. The van der Waals surface area contributed by atoms with Gasteiger partial charge in [0.05, 0.1) is 14.2 Å². The maximum absolute atomic E-state index is 10.3. The van der Waals surface area contributed by atoms with E-state index in [1.807, 2.05) is 60.7 Å². The van der Waals surface area contributed by atoms with Gasteiger partial charge in [0.1, 0.15) is 22.7 Å². The molecule has 0 fully saturated rings. The van der Waals surface area contributed by atoms with E-state index in [4.69, 9.17) is 17.9 Å². The fourth-order valence-corrected chi connectivity index (χ4v) is 4.34. The van der Waals surface area contributed by atoms with Crippen LogP contribution in [0.4, 0.5) is 0 Å². The smallest absolute Gasteiger partial charge is 0.384 e. The van der Waals surface area contributed by atoms with Crippen LogP contribution < -0.4 is 9.47 Å². The lowest BCUT2D eigenvalue weighted by Crippen LogP contribution is -1.85. The van der Waals surface area contributed by atoms with Crippen LogP contribution in [0.3, 0.4) is 0 Å². The predicted molar refractivity (Wildman–Crippen MR) is 112 cm³/mol. The van der Waals surface area contributed by atoms with Gasteiger partial charge in [0, 0.05) is 10.8 Å². The molecule has 0 saturated carbocycles. The molecule has 0 saturated heterocycles. The quantitative estimate of drug-likeness (QED) is 0.378. The summed E-state index contributed by atoms with van der Waals surface area (Å²) in [5, 5.41) is 5.73. The highest BCUT2D eigenvalue weighted by atomic mass is 31.1. The molecule has 0 aliphatic rings. The van der Waals surface area contributed by atoms with Crippen LogP contribution >= 0.6 is 8.24 Å². The van der Waals surface area contributed by atoms with Crippen molar-refractivity contribution in [2.75, 3.05) is 14.2 Å². The van der Waals surface area contributed by atoms with Gasteiger partial charge in [0.25, 0.3) is 0 Å². The summed E-state index contributed by atoms with van der Waals surface area (Å²) in [6.07, 6.45) is 0. The van der Waals surface area contributed by atoms with Gasteiger partial charge in [-0.3, -0.25) is 4.89 Å². The zero-order valence-corrected chi connectivity index (χ0v) is 16.2. The molecule has 5 aromatic rings. The Morgan fingerprint density at radius 1 is 0.679 bits per heavy atom. The maximum Gasteiger partial charge on any atom is 0.384 e. The standard InChI is InChI=1S/C22H17O5P/c1-24-15-7-3-13-5-9-19-21(17(13)11-15)22-18-12-16(25-2)8-4-14(18)6-10-20(22)27-28(23)26-19/h3-12,23H,1-2H3. The van der Waals surface area contributed by atoms with Crippen LogP contribution in [0.25, 0.3) is 43.5 Å². The second kappa shape index (κ2) is 6.48. The molecule has 0 spiro atoms. The van der Waals surface area contributed by atoms with Gasteiger partial charge in [-0.25, -0.2) is 0 Å². The normalized spacial score (nSPS) is 11.4. The van der Waals surface area contributed by atoms with Crippen LogP contribution in [0.15, 0.2) is 69.1 Å². The zero-order valence-electron chi connectivity index (χ0n) is 15.3. The Bertz CT molecular complexity index is 1300. The third-order valence-electron chi connectivity index (χ3n) is 4.98. The number of benzene rings is 4.